The summed E-state index contributed by atoms with van der Waals surface area (Å²) in [7, 11) is 0. The molecule has 0 saturated heterocycles. The van der Waals surface area contributed by atoms with Crippen molar-refractivity contribution in [3.8, 4) is 0 Å². The molecule has 0 aliphatic rings. The van der Waals surface area contributed by atoms with Crippen LogP contribution in [0.4, 0.5) is 5.69 Å². The number of non-ortho nitro benzene ring substituents is 1. The van der Waals surface area contributed by atoms with Crippen LogP contribution >= 0.6 is 0 Å². The fraction of sp³-hybridized carbons (Fsp3) is 0.0909. The lowest BCUT2D eigenvalue weighted by atomic mass is 10.1. The Balaban J connectivity index is 1.56. The van der Waals surface area contributed by atoms with E-state index in [0.29, 0.717) is 5.56 Å². The van der Waals surface area contributed by atoms with Gasteiger partial charge in [0.1, 0.15) is 0 Å². The smallest absolute Gasteiger partial charge is 0.271 e. The van der Waals surface area contributed by atoms with E-state index in [1.807, 2.05) is 24.3 Å². The number of hydrogen-bond acceptors (Lipinski definition) is 4. The number of fused-ring (bicyclic) bond motifs is 3. The van der Waals surface area contributed by atoms with Crippen molar-refractivity contribution < 1.29 is 9.72 Å². The SMILES string of the molecule is CCn1c2ccccc2c2cc(C=NNC(=O)c3ccc([N+](=O)[O-])cc3)ccc21. The van der Waals surface area contributed by atoms with Gasteiger partial charge in [0.05, 0.1) is 11.1 Å². The van der Waals surface area contributed by atoms with Crippen LogP contribution in [-0.2, 0) is 6.54 Å². The van der Waals surface area contributed by atoms with Crippen LogP contribution in [0.2, 0.25) is 0 Å². The first-order chi connectivity index (χ1) is 14.1. The standard InChI is InChI=1S/C22H18N4O3/c1-2-25-20-6-4-3-5-18(20)19-13-15(7-12-21(19)25)14-23-24-22(27)16-8-10-17(11-9-16)26(28)29/h3-14H,2H2,1H3,(H,24,27). The van der Waals surface area contributed by atoms with Crippen molar-refractivity contribution in [3.05, 3.63) is 88.0 Å². The lowest BCUT2D eigenvalue weighted by molar-refractivity contribution is -0.384. The molecule has 1 aromatic heterocycles. The van der Waals surface area contributed by atoms with Gasteiger partial charge in [0.25, 0.3) is 11.6 Å². The van der Waals surface area contributed by atoms with Crippen molar-refractivity contribution >= 4 is 39.6 Å². The van der Waals surface area contributed by atoms with Crippen molar-refractivity contribution in [1.82, 2.24) is 9.99 Å². The quantitative estimate of drug-likeness (QED) is 0.311. The molecule has 1 N–H and O–H groups in total. The lowest BCUT2D eigenvalue weighted by Crippen LogP contribution is -2.17. The lowest BCUT2D eigenvalue weighted by Gasteiger charge is -2.03. The van der Waals surface area contributed by atoms with Crippen LogP contribution in [0.25, 0.3) is 21.8 Å². The first kappa shape index (κ1) is 18.4. The first-order valence-corrected chi connectivity index (χ1v) is 9.17. The summed E-state index contributed by atoms with van der Waals surface area (Å²) in [4.78, 5) is 22.3. The highest BCUT2D eigenvalue weighted by Crippen LogP contribution is 2.29. The van der Waals surface area contributed by atoms with Crippen LogP contribution in [0.5, 0.6) is 0 Å². The molecule has 0 fully saturated rings. The summed E-state index contributed by atoms with van der Waals surface area (Å²) in [6, 6.07) is 19.7. The van der Waals surface area contributed by atoms with Gasteiger partial charge >= 0.3 is 0 Å². The van der Waals surface area contributed by atoms with Crippen LogP contribution in [0.15, 0.2) is 71.8 Å². The molecule has 0 aliphatic carbocycles. The third-order valence-electron chi connectivity index (χ3n) is 4.83. The van der Waals surface area contributed by atoms with E-state index in [0.717, 1.165) is 23.0 Å². The summed E-state index contributed by atoms with van der Waals surface area (Å²) in [6.07, 6.45) is 1.58. The van der Waals surface area contributed by atoms with Gasteiger partial charge in [-0.2, -0.15) is 5.10 Å². The van der Waals surface area contributed by atoms with E-state index in [1.54, 1.807) is 6.21 Å². The number of nitro benzene ring substituents is 1. The molecule has 4 aromatic rings. The maximum absolute atomic E-state index is 12.1. The minimum atomic E-state index is -0.508. The molecule has 1 heterocycles. The van der Waals surface area contributed by atoms with E-state index in [2.05, 4.69) is 40.2 Å². The zero-order valence-electron chi connectivity index (χ0n) is 15.7. The molecule has 0 saturated carbocycles. The predicted molar refractivity (Wildman–Crippen MR) is 113 cm³/mol. The fourth-order valence-corrected chi connectivity index (χ4v) is 3.46. The molecule has 0 aliphatic heterocycles. The fourth-order valence-electron chi connectivity index (χ4n) is 3.46. The largest absolute Gasteiger partial charge is 0.341 e. The van der Waals surface area contributed by atoms with Gasteiger partial charge in [0, 0.05) is 46.0 Å². The number of carbonyl (C=O) groups excluding carboxylic acids is 1. The maximum atomic E-state index is 12.1. The summed E-state index contributed by atoms with van der Waals surface area (Å²) in [5, 5.41) is 17.0. The van der Waals surface area contributed by atoms with Gasteiger partial charge in [-0.15, -0.1) is 0 Å². The summed E-state index contributed by atoms with van der Waals surface area (Å²) in [5.74, 6) is -0.431. The van der Waals surface area contributed by atoms with E-state index < -0.39 is 10.8 Å². The maximum Gasteiger partial charge on any atom is 0.271 e. The molecule has 1 amide bonds. The van der Waals surface area contributed by atoms with Crippen LogP contribution in [0.3, 0.4) is 0 Å². The third-order valence-corrected chi connectivity index (χ3v) is 4.83. The number of amides is 1. The molecular weight excluding hydrogens is 368 g/mol. The topological polar surface area (TPSA) is 89.5 Å². The molecule has 7 nitrogen and oxygen atoms in total. The summed E-state index contributed by atoms with van der Waals surface area (Å²) >= 11 is 0. The highest BCUT2D eigenvalue weighted by molar-refractivity contribution is 6.09. The first-order valence-electron chi connectivity index (χ1n) is 9.17. The number of nitrogens with zero attached hydrogens (tertiary/aromatic N) is 3. The summed E-state index contributed by atoms with van der Waals surface area (Å²) in [6.45, 7) is 3.00. The van der Waals surface area contributed by atoms with Gasteiger partial charge in [0.15, 0.2) is 0 Å². The predicted octanol–water partition coefficient (Wildman–Crippen LogP) is 4.49. The number of hydrogen-bond donors (Lipinski definition) is 1. The second kappa shape index (κ2) is 7.55. The number of para-hydroxylation sites is 1. The zero-order chi connectivity index (χ0) is 20.4. The van der Waals surface area contributed by atoms with Gasteiger partial charge in [-0.05, 0) is 42.8 Å². The Hall–Kier alpha value is -4.00. The Bertz CT molecular complexity index is 1260. The highest BCUT2D eigenvalue weighted by Gasteiger charge is 2.10. The summed E-state index contributed by atoms with van der Waals surface area (Å²) < 4.78 is 2.27. The Labute approximate surface area is 166 Å². The number of nitrogens with one attached hydrogen (secondary N) is 1. The average Bonchev–Trinajstić information content (AvgIpc) is 3.07. The van der Waals surface area contributed by atoms with Crippen LogP contribution in [-0.4, -0.2) is 21.6 Å². The summed E-state index contributed by atoms with van der Waals surface area (Å²) in [5.41, 5.74) is 5.89. The number of benzene rings is 3. The van der Waals surface area contributed by atoms with Crippen molar-refractivity contribution in [2.75, 3.05) is 0 Å². The number of aromatic nitrogens is 1. The van der Waals surface area contributed by atoms with E-state index >= 15 is 0 Å². The van der Waals surface area contributed by atoms with E-state index in [4.69, 9.17) is 0 Å². The Morgan fingerprint density at radius 1 is 1.07 bits per heavy atom. The average molecular weight is 386 g/mol. The normalized spacial score (nSPS) is 11.3. The van der Waals surface area contributed by atoms with E-state index in [9.17, 15) is 14.9 Å². The molecule has 0 radical (unpaired) electrons. The monoisotopic (exact) mass is 386 g/mol. The molecular formula is C22H18N4O3. The second-order valence-electron chi connectivity index (χ2n) is 6.54. The molecule has 0 spiro atoms. The van der Waals surface area contributed by atoms with Gasteiger partial charge in [0.2, 0.25) is 0 Å². The molecule has 144 valence electrons. The van der Waals surface area contributed by atoms with Crippen LogP contribution in [0, 0.1) is 10.1 Å². The van der Waals surface area contributed by atoms with Crippen molar-refractivity contribution in [1.29, 1.82) is 0 Å². The van der Waals surface area contributed by atoms with Crippen molar-refractivity contribution in [2.45, 2.75) is 13.5 Å². The highest BCUT2D eigenvalue weighted by atomic mass is 16.6. The number of nitro groups is 1. The molecule has 0 bridgehead atoms. The van der Waals surface area contributed by atoms with Crippen molar-refractivity contribution in [3.63, 3.8) is 0 Å². The zero-order valence-corrected chi connectivity index (χ0v) is 15.7. The van der Waals surface area contributed by atoms with Crippen LogP contribution < -0.4 is 5.43 Å². The number of carbonyl (C=O) groups is 1. The number of aryl methyl sites for hydroxylation is 1. The van der Waals surface area contributed by atoms with Gasteiger partial charge in [-0.3, -0.25) is 14.9 Å². The van der Waals surface area contributed by atoms with Gasteiger partial charge in [-0.25, -0.2) is 5.43 Å². The third kappa shape index (κ3) is 3.45. The second-order valence-corrected chi connectivity index (χ2v) is 6.54. The van der Waals surface area contributed by atoms with Gasteiger partial charge < -0.3 is 4.57 Å². The molecule has 0 atom stereocenters. The molecule has 3 aromatic carbocycles. The molecule has 7 heteroatoms. The Kier molecular flexibility index (Phi) is 4.78. The number of hydrazone groups is 1. The van der Waals surface area contributed by atoms with E-state index in [1.165, 1.54) is 35.2 Å². The van der Waals surface area contributed by atoms with Gasteiger partial charge in [-0.1, -0.05) is 24.3 Å². The molecule has 29 heavy (non-hydrogen) atoms. The van der Waals surface area contributed by atoms with E-state index in [-0.39, 0.29) is 5.69 Å². The number of rotatable bonds is 5. The Morgan fingerprint density at radius 3 is 2.52 bits per heavy atom. The van der Waals surface area contributed by atoms with Crippen molar-refractivity contribution in [2.24, 2.45) is 5.10 Å². The van der Waals surface area contributed by atoms with Crippen LogP contribution in [0.1, 0.15) is 22.8 Å². The Morgan fingerprint density at radius 2 is 1.79 bits per heavy atom. The minimum absolute atomic E-state index is 0.0652. The molecule has 4 rings (SSSR count). The minimum Gasteiger partial charge on any atom is -0.341 e. The molecule has 0 unspecified atom stereocenters.